The Morgan fingerprint density at radius 2 is 1.90 bits per heavy atom. The smallest absolute Gasteiger partial charge is 0.343 e. The Balaban J connectivity index is 2.52. The summed E-state index contributed by atoms with van der Waals surface area (Å²) in [6, 6.07) is -1.15. The Labute approximate surface area is 116 Å². The molecule has 0 bridgehead atoms. The number of hydrogen-bond acceptors (Lipinski definition) is 2. The molecule has 2 atom stereocenters. The predicted molar refractivity (Wildman–Crippen MR) is 67.9 cm³/mol. The Bertz CT molecular complexity index is 358. The number of unbranched alkanes of at least 4 members (excludes halogenated alkanes) is 1. The molecular weight excluding hydrogens is 273 g/mol. The summed E-state index contributed by atoms with van der Waals surface area (Å²) in [4.78, 5) is 25.3. The van der Waals surface area contributed by atoms with Crippen LogP contribution in [0.25, 0.3) is 0 Å². The zero-order chi connectivity index (χ0) is 15.3. The standard InChI is InChI=1S/C13H21F3N2O2/c1-3-6-10-12(20)18(9(2)11(19)17-10)8-5-4-7-13(14,15)16/h9-10H,3-8H2,1-2H3,(H,17,19). The summed E-state index contributed by atoms with van der Waals surface area (Å²) >= 11 is 0. The van der Waals surface area contributed by atoms with E-state index >= 15 is 0 Å². The average Bonchev–Trinajstić information content (AvgIpc) is 2.34. The third-order valence-electron chi connectivity index (χ3n) is 3.43. The van der Waals surface area contributed by atoms with Crippen LogP contribution in [0, 0.1) is 0 Å². The van der Waals surface area contributed by atoms with Crippen LogP contribution in [0.1, 0.15) is 46.0 Å². The van der Waals surface area contributed by atoms with Crippen LogP contribution in [0.15, 0.2) is 0 Å². The van der Waals surface area contributed by atoms with Crippen LogP contribution in [0.5, 0.6) is 0 Å². The fraction of sp³-hybridized carbons (Fsp3) is 0.846. The van der Waals surface area contributed by atoms with E-state index in [1.807, 2.05) is 6.92 Å². The maximum atomic E-state index is 12.2. The molecule has 1 heterocycles. The zero-order valence-corrected chi connectivity index (χ0v) is 11.8. The average molecular weight is 294 g/mol. The molecule has 1 aliphatic heterocycles. The summed E-state index contributed by atoms with van der Waals surface area (Å²) in [5.41, 5.74) is 0. The van der Waals surface area contributed by atoms with Crippen LogP contribution in [0.4, 0.5) is 13.2 Å². The zero-order valence-electron chi connectivity index (χ0n) is 11.8. The molecule has 1 fully saturated rings. The first-order chi connectivity index (χ1) is 9.26. The third-order valence-corrected chi connectivity index (χ3v) is 3.43. The van der Waals surface area contributed by atoms with Crippen molar-refractivity contribution in [1.29, 1.82) is 0 Å². The number of carbonyl (C=O) groups excluding carboxylic acids is 2. The van der Waals surface area contributed by atoms with Gasteiger partial charge >= 0.3 is 6.18 Å². The van der Waals surface area contributed by atoms with E-state index in [9.17, 15) is 22.8 Å². The number of carbonyl (C=O) groups is 2. The summed E-state index contributed by atoms with van der Waals surface area (Å²) in [6.45, 7) is 3.70. The molecule has 0 radical (unpaired) electrons. The summed E-state index contributed by atoms with van der Waals surface area (Å²) in [6.07, 6.45) is -3.49. The predicted octanol–water partition coefficient (Wildman–Crippen LogP) is 2.23. The van der Waals surface area contributed by atoms with Crippen molar-refractivity contribution < 1.29 is 22.8 Å². The minimum Gasteiger partial charge on any atom is -0.343 e. The number of rotatable bonds is 6. The van der Waals surface area contributed by atoms with E-state index in [0.29, 0.717) is 6.42 Å². The van der Waals surface area contributed by atoms with Crippen molar-refractivity contribution in [2.75, 3.05) is 6.54 Å². The van der Waals surface area contributed by atoms with Crippen LogP contribution in [0.2, 0.25) is 0 Å². The van der Waals surface area contributed by atoms with Gasteiger partial charge in [0.1, 0.15) is 12.1 Å². The number of hydrogen-bond donors (Lipinski definition) is 1. The van der Waals surface area contributed by atoms with Crippen LogP contribution in [0.3, 0.4) is 0 Å². The van der Waals surface area contributed by atoms with Gasteiger partial charge in [-0.05, 0) is 26.2 Å². The molecule has 0 aromatic carbocycles. The summed E-state index contributed by atoms with van der Waals surface area (Å²) in [5, 5.41) is 2.65. The second-order valence-electron chi connectivity index (χ2n) is 5.13. The lowest BCUT2D eigenvalue weighted by Crippen LogP contribution is -2.62. The highest BCUT2D eigenvalue weighted by Crippen LogP contribution is 2.23. The largest absolute Gasteiger partial charge is 0.389 e. The van der Waals surface area contributed by atoms with Crippen molar-refractivity contribution in [3.63, 3.8) is 0 Å². The second-order valence-corrected chi connectivity index (χ2v) is 5.13. The van der Waals surface area contributed by atoms with E-state index < -0.39 is 24.7 Å². The molecular formula is C13H21F3N2O2. The number of halogens is 3. The fourth-order valence-electron chi connectivity index (χ4n) is 2.28. The highest BCUT2D eigenvalue weighted by Gasteiger charge is 2.37. The van der Waals surface area contributed by atoms with Crippen LogP contribution < -0.4 is 5.32 Å². The molecule has 2 unspecified atom stereocenters. The molecule has 0 spiro atoms. The van der Waals surface area contributed by atoms with E-state index in [2.05, 4.69) is 5.32 Å². The van der Waals surface area contributed by atoms with Crippen molar-refractivity contribution in [3.05, 3.63) is 0 Å². The van der Waals surface area contributed by atoms with Gasteiger partial charge in [0.25, 0.3) is 0 Å². The van der Waals surface area contributed by atoms with Crippen LogP contribution >= 0.6 is 0 Å². The third kappa shape index (κ3) is 4.68. The highest BCUT2D eigenvalue weighted by atomic mass is 19.4. The molecule has 0 saturated carbocycles. The van der Waals surface area contributed by atoms with Gasteiger partial charge in [0.05, 0.1) is 0 Å². The number of nitrogens with zero attached hydrogens (tertiary/aromatic N) is 1. The molecule has 0 aromatic heterocycles. The maximum Gasteiger partial charge on any atom is 0.389 e. The lowest BCUT2D eigenvalue weighted by atomic mass is 10.0. The molecule has 1 aliphatic rings. The van der Waals surface area contributed by atoms with Crippen molar-refractivity contribution in [2.45, 2.75) is 64.2 Å². The highest BCUT2D eigenvalue weighted by molar-refractivity contribution is 5.96. The quantitative estimate of drug-likeness (QED) is 0.764. The first kappa shape index (κ1) is 16.8. The van der Waals surface area contributed by atoms with Gasteiger partial charge in [0.2, 0.25) is 11.8 Å². The van der Waals surface area contributed by atoms with Gasteiger partial charge in [-0.3, -0.25) is 9.59 Å². The van der Waals surface area contributed by atoms with Gasteiger partial charge in [-0.1, -0.05) is 13.3 Å². The summed E-state index contributed by atoms with van der Waals surface area (Å²) in [7, 11) is 0. The van der Waals surface area contributed by atoms with Crippen molar-refractivity contribution in [2.24, 2.45) is 0 Å². The first-order valence-electron chi connectivity index (χ1n) is 6.94. The van der Waals surface area contributed by atoms with Crippen LogP contribution in [-0.4, -0.2) is 41.5 Å². The number of piperazine rings is 1. The monoisotopic (exact) mass is 294 g/mol. The number of amides is 2. The second kappa shape index (κ2) is 6.95. The van der Waals surface area contributed by atoms with Crippen LogP contribution in [-0.2, 0) is 9.59 Å². The molecule has 7 heteroatoms. The molecule has 0 aromatic rings. The minimum atomic E-state index is -4.17. The SMILES string of the molecule is CCCC1NC(=O)C(C)N(CCCCC(F)(F)F)C1=O. The molecule has 4 nitrogen and oxygen atoms in total. The fourth-order valence-corrected chi connectivity index (χ4v) is 2.28. The normalized spacial score (nSPS) is 23.9. The lowest BCUT2D eigenvalue weighted by Gasteiger charge is -2.37. The van der Waals surface area contributed by atoms with Crippen molar-refractivity contribution in [3.8, 4) is 0 Å². The van der Waals surface area contributed by atoms with Gasteiger partial charge in [0, 0.05) is 13.0 Å². The molecule has 1 N–H and O–H groups in total. The Morgan fingerprint density at radius 1 is 1.25 bits per heavy atom. The van der Waals surface area contributed by atoms with Crippen molar-refractivity contribution in [1.82, 2.24) is 10.2 Å². The van der Waals surface area contributed by atoms with Gasteiger partial charge in [-0.15, -0.1) is 0 Å². The van der Waals surface area contributed by atoms with Gasteiger partial charge in [-0.25, -0.2) is 0 Å². The van der Waals surface area contributed by atoms with Gasteiger partial charge in [0.15, 0.2) is 0 Å². The number of alkyl halides is 3. The van der Waals surface area contributed by atoms with Gasteiger partial charge in [-0.2, -0.15) is 13.2 Å². The van der Waals surface area contributed by atoms with Gasteiger partial charge < -0.3 is 10.2 Å². The van der Waals surface area contributed by atoms with E-state index in [-0.39, 0.29) is 31.2 Å². The van der Waals surface area contributed by atoms with Crippen molar-refractivity contribution >= 4 is 11.8 Å². The molecule has 116 valence electrons. The summed E-state index contributed by atoms with van der Waals surface area (Å²) < 4.78 is 36.2. The number of nitrogens with one attached hydrogen (secondary N) is 1. The topological polar surface area (TPSA) is 49.4 Å². The minimum absolute atomic E-state index is 0.0277. The summed E-state index contributed by atoms with van der Waals surface area (Å²) in [5.74, 6) is -0.426. The molecule has 1 rings (SSSR count). The van der Waals surface area contributed by atoms with E-state index in [1.165, 1.54) is 4.90 Å². The lowest BCUT2D eigenvalue weighted by molar-refractivity contribution is -0.149. The molecule has 0 aliphatic carbocycles. The van der Waals surface area contributed by atoms with E-state index in [0.717, 1.165) is 6.42 Å². The molecule has 2 amide bonds. The van der Waals surface area contributed by atoms with E-state index in [1.54, 1.807) is 6.92 Å². The Kier molecular flexibility index (Phi) is 5.83. The Hall–Kier alpha value is -1.27. The first-order valence-corrected chi connectivity index (χ1v) is 6.94. The van der Waals surface area contributed by atoms with E-state index in [4.69, 9.17) is 0 Å². The molecule has 20 heavy (non-hydrogen) atoms. The molecule has 1 saturated heterocycles. The maximum absolute atomic E-state index is 12.2. The Morgan fingerprint density at radius 3 is 2.45 bits per heavy atom.